The summed E-state index contributed by atoms with van der Waals surface area (Å²) in [6, 6.07) is 21.5. The highest BCUT2D eigenvalue weighted by Gasteiger charge is 2.47. The Bertz CT molecular complexity index is 1710. The molecule has 3 aromatic carbocycles. The molecule has 9 heteroatoms. The zero-order chi connectivity index (χ0) is 29.4. The molecule has 0 unspecified atom stereocenters. The van der Waals surface area contributed by atoms with E-state index in [1.807, 2.05) is 67.6 Å². The van der Waals surface area contributed by atoms with E-state index in [2.05, 4.69) is 5.32 Å². The van der Waals surface area contributed by atoms with Gasteiger partial charge in [-0.05, 0) is 68.0 Å². The van der Waals surface area contributed by atoms with Crippen molar-refractivity contribution in [2.45, 2.75) is 70.0 Å². The van der Waals surface area contributed by atoms with Gasteiger partial charge < -0.3 is 15.8 Å². The molecule has 1 aliphatic carbocycles. The number of nitrogens with one attached hydrogen (secondary N) is 1. The average molecular weight is 589 g/mol. The number of nitrogens with two attached hydrogens (primary N) is 1. The van der Waals surface area contributed by atoms with Gasteiger partial charge >= 0.3 is 5.69 Å². The number of aryl methyl sites for hydroxylation is 1. The van der Waals surface area contributed by atoms with Crippen LogP contribution in [0, 0.1) is 12.7 Å². The largest absolute Gasteiger partial charge is 0.382 e. The van der Waals surface area contributed by atoms with E-state index < -0.39 is 23.1 Å². The summed E-state index contributed by atoms with van der Waals surface area (Å²) in [5.41, 5.74) is 8.74. The van der Waals surface area contributed by atoms with E-state index in [1.54, 1.807) is 6.07 Å². The number of hydrogen-bond acceptors (Lipinski definition) is 5. The number of ether oxygens (including phenoxy) is 1. The minimum absolute atomic E-state index is 0.000239. The molecule has 7 nitrogen and oxygen atoms in total. The number of rotatable bonds is 7. The Labute approximate surface area is 248 Å². The van der Waals surface area contributed by atoms with Gasteiger partial charge in [-0.25, -0.2) is 9.18 Å². The van der Waals surface area contributed by atoms with E-state index in [0.29, 0.717) is 34.7 Å². The molecule has 1 spiro atoms. The van der Waals surface area contributed by atoms with Crippen LogP contribution in [0.15, 0.2) is 82.4 Å². The molecule has 0 radical (unpaired) electrons. The van der Waals surface area contributed by atoms with Crippen LogP contribution >= 0.6 is 11.6 Å². The Morgan fingerprint density at radius 3 is 2.50 bits per heavy atom. The summed E-state index contributed by atoms with van der Waals surface area (Å²) in [5.74, 6) is -0.393. The van der Waals surface area contributed by atoms with Crippen molar-refractivity contribution in [2.24, 2.45) is 5.73 Å². The van der Waals surface area contributed by atoms with Crippen LogP contribution in [0.5, 0.6) is 0 Å². The van der Waals surface area contributed by atoms with Crippen LogP contribution in [-0.4, -0.2) is 15.2 Å². The van der Waals surface area contributed by atoms with Crippen molar-refractivity contribution in [2.75, 3.05) is 5.32 Å². The maximum atomic E-state index is 15.0. The highest BCUT2D eigenvalue weighted by molar-refractivity contribution is 6.30. The van der Waals surface area contributed by atoms with Crippen molar-refractivity contribution in [1.82, 2.24) is 9.13 Å². The van der Waals surface area contributed by atoms with Crippen molar-refractivity contribution in [3.63, 3.8) is 0 Å². The van der Waals surface area contributed by atoms with Gasteiger partial charge in [0.2, 0.25) is 0 Å². The average Bonchev–Trinajstić information content (AvgIpc) is 3.35. The highest BCUT2D eigenvalue weighted by Crippen LogP contribution is 2.45. The first-order valence-corrected chi connectivity index (χ1v) is 14.7. The molecule has 0 bridgehead atoms. The maximum absolute atomic E-state index is 15.0. The summed E-state index contributed by atoms with van der Waals surface area (Å²) in [7, 11) is 0. The molecule has 1 atom stereocenters. The minimum Gasteiger partial charge on any atom is -0.382 e. The fraction of sp³-hybridized carbons (Fsp3) is 0.333. The number of halogens is 2. The van der Waals surface area contributed by atoms with Crippen LogP contribution in [0.4, 0.5) is 10.1 Å². The number of anilines is 1. The Morgan fingerprint density at radius 1 is 1.05 bits per heavy atom. The molecule has 2 heterocycles. The van der Waals surface area contributed by atoms with Crippen LogP contribution < -0.4 is 22.3 Å². The molecular weight excluding hydrogens is 555 g/mol. The molecule has 4 aromatic rings. The molecule has 218 valence electrons. The Hall–Kier alpha value is -3.72. The van der Waals surface area contributed by atoms with Gasteiger partial charge in [0.15, 0.2) is 0 Å². The second kappa shape index (κ2) is 11.5. The van der Waals surface area contributed by atoms with E-state index in [9.17, 15) is 14.0 Å². The zero-order valence-corrected chi connectivity index (χ0v) is 24.2. The molecule has 3 N–H and O–H groups in total. The molecular formula is C33H34ClFN4O3. The van der Waals surface area contributed by atoms with Crippen LogP contribution in [0.2, 0.25) is 5.02 Å². The molecule has 0 saturated heterocycles. The fourth-order valence-electron chi connectivity index (χ4n) is 6.42. The van der Waals surface area contributed by atoms with E-state index in [-0.39, 0.29) is 31.3 Å². The first-order valence-electron chi connectivity index (χ1n) is 14.3. The Balaban J connectivity index is 1.39. The van der Waals surface area contributed by atoms with E-state index >= 15 is 0 Å². The Morgan fingerprint density at radius 2 is 1.79 bits per heavy atom. The summed E-state index contributed by atoms with van der Waals surface area (Å²) < 4.78 is 24.2. The van der Waals surface area contributed by atoms with Crippen molar-refractivity contribution >= 4 is 17.3 Å². The van der Waals surface area contributed by atoms with Crippen molar-refractivity contribution in [3.05, 3.63) is 132 Å². The summed E-state index contributed by atoms with van der Waals surface area (Å²) in [6.45, 7) is 1.93. The third kappa shape index (κ3) is 5.30. The molecule has 0 amide bonds. The monoisotopic (exact) mass is 588 g/mol. The molecule has 1 aliphatic heterocycles. The number of nitrogens with zero attached hydrogens (tertiary/aromatic N) is 2. The van der Waals surface area contributed by atoms with Gasteiger partial charge in [0.05, 0.1) is 31.0 Å². The van der Waals surface area contributed by atoms with Gasteiger partial charge in [-0.3, -0.25) is 13.9 Å². The van der Waals surface area contributed by atoms with Crippen LogP contribution in [-0.2, 0) is 30.0 Å². The molecule has 42 heavy (non-hydrogen) atoms. The van der Waals surface area contributed by atoms with E-state index in [4.69, 9.17) is 22.1 Å². The molecule has 2 aliphatic rings. The molecule has 1 saturated carbocycles. The summed E-state index contributed by atoms with van der Waals surface area (Å²) in [4.78, 5) is 28.1. The van der Waals surface area contributed by atoms with Crippen molar-refractivity contribution in [1.29, 1.82) is 0 Å². The third-order valence-corrected chi connectivity index (χ3v) is 8.98. The molecule has 1 aromatic heterocycles. The second-order valence-corrected chi connectivity index (χ2v) is 11.8. The van der Waals surface area contributed by atoms with Gasteiger partial charge in [-0.15, -0.1) is 0 Å². The predicted octanol–water partition coefficient (Wildman–Crippen LogP) is 5.64. The quantitative estimate of drug-likeness (QED) is 0.292. The Kier molecular flexibility index (Phi) is 7.79. The number of aromatic nitrogens is 2. The van der Waals surface area contributed by atoms with Gasteiger partial charge in [-0.2, -0.15) is 0 Å². The lowest BCUT2D eigenvalue weighted by molar-refractivity contribution is -0.0667. The molecule has 6 rings (SSSR count). The first-order chi connectivity index (χ1) is 20.3. The summed E-state index contributed by atoms with van der Waals surface area (Å²) in [6.07, 6.45) is 2.74. The highest BCUT2D eigenvalue weighted by atomic mass is 35.5. The first kappa shape index (κ1) is 28.4. The minimum atomic E-state index is -0.822. The zero-order valence-electron chi connectivity index (χ0n) is 23.5. The van der Waals surface area contributed by atoms with Gasteiger partial charge in [0.1, 0.15) is 11.4 Å². The van der Waals surface area contributed by atoms with Crippen LogP contribution in [0.1, 0.15) is 59.7 Å². The van der Waals surface area contributed by atoms with E-state index in [0.717, 1.165) is 29.7 Å². The smallest absolute Gasteiger partial charge is 0.331 e. The van der Waals surface area contributed by atoms with Gasteiger partial charge in [-0.1, -0.05) is 60.1 Å². The number of hydrogen-bond donors (Lipinski definition) is 2. The van der Waals surface area contributed by atoms with Gasteiger partial charge in [0, 0.05) is 28.4 Å². The topological polar surface area (TPSA) is 91.3 Å². The maximum Gasteiger partial charge on any atom is 0.331 e. The van der Waals surface area contributed by atoms with Gasteiger partial charge in [0.25, 0.3) is 5.56 Å². The summed E-state index contributed by atoms with van der Waals surface area (Å²) >= 11 is 6.17. The molecule has 1 fully saturated rings. The fourth-order valence-corrected chi connectivity index (χ4v) is 6.61. The van der Waals surface area contributed by atoms with Crippen molar-refractivity contribution in [3.8, 4) is 0 Å². The SMILES string of the molecule is Cc1cccc(F)c1Cn1c2c(c(=O)n(C[C@H](N)c3ccccc3)c1=O)C1(CCC(Nc3cccc(Cl)c3)CC1)OC2. The predicted molar refractivity (Wildman–Crippen MR) is 162 cm³/mol. The number of benzene rings is 3. The standard InChI is InChI=1S/C33H34ClFN4O3/c1-21-7-5-12-27(35)26(21)18-38-29-20-42-33(15-13-24(14-16-33)37-25-11-6-10-23(34)17-25)30(29)31(40)39(32(38)41)19-28(36)22-8-3-2-4-9-22/h2-12,17,24,28,37H,13-16,18-20,36H2,1H3/t24?,28-,33?/m0/s1. The third-order valence-electron chi connectivity index (χ3n) is 8.74. The van der Waals surface area contributed by atoms with Crippen LogP contribution in [0.25, 0.3) is 0 Å². The lowest BCUT2D eigenvalue weighted by Crippen LogP contribution is -2.48. The lowest BCUT2D eigenvalue weighted by atomic mass is 9.78. The second-order valence-electron chi connectivity index (χ2n) is 11.4. The lowest BCUT2D eigenvalue weighted by Gasteiger charge is -2.37. The normalized spacial score (nSPS) is 20.4. The van der Waals surface area contributed by atoms with Crippen molar-refractivity contribution < 1.29 is 9.13 Å². The van der Waals surface area contributed by atoms with Crippen LogP contribution in [0.3, 0.4) is 0 Å². The number of fused-ring (bicyclic) bond motifs is 2. The van der Waals surface area contributed by atoms with E-state index in [1.165, 1.54) is 15.2 Å². The summed E-state index contributed by atoms with van der Waals surface area (Å²) in [5, 5.41) is 4.22.